The molecule has 0 amide bonds. The van der Waals surface area contributed by atoms with E-state index in [1.165, 1.54) is 35.4 Å². The normalized spacial score (nSPS) is 24.4. The molecular formula is C18H16F3N3O. The molecule has 0 spiro atoms. The number of rotatable bonds is 3. The fourth-order valence-corrected chi connectivity index (χ4v) is 3.57. The lowest BCUT2D eigenvalue weighted by atomic mass is 10.1. The third-order valence-electron chi connectivity index (χ3n) is 4.65. The molecule has 3 N–H and O–H groups in total. The van der Waals surface area contributed by atoms with Gasteiger partial charge in [-0.15, -0.1) is 13.2 Å². The van der Waals surface area contributed by atoms with Crippen molar-refractivity contribution >= 4 is 11.6 Å². The zero-order valence-corrected chi connectivity index (χ0v) is 13.1. The monoisotopic (exact) mass is 347 g/mol. The van der Waals surface area contributed by atoms with Crippen LogP contribution in [0.3, 0.4) is 0 Å². The first kappa shape index (κ1) is 15.8. The molecule has 0 aromatic heterocycles. The fraction of sp³-hybridized carbons (Fsp3) is 0.278. The number of guanidine groups is 1. The fourth-order valence-electron chi connectivity index (χ4n) is 3.57. The molecule has 0 saturated heterocycles. The Kier molecular flexibility index (Phi) is 3.59. The number of halogens is 3. The van der Waals surface area contributed by atoms with Crippen molar-refractivity contribution in [3.63, 3.8) is 0 Å². The Morgan fingerprint density at radius 1 is 1.12 bits per heavy atom. The average molecular weight is 347 g/mol. The van der Waals surface area contributed by atoms with Crippen LogP contribution < -0.4 is 15.8 Å². The van der Waals surface area contributed by atoms with Gasteiger partial charge in [0.05, 0.1) is 6.04 Å². The number of fused-ring (bicyclic) bond motifs is 3. The number of aliphatic imine (C=N–C) groups is 1. The van der Waals surface area contributed by atoms with Crippen molar-refractivity contribution in [2.45, 2.75) is 24.7 Å². The van der Waals surface area contributed by atoms with E-state index in [0.717, 1.165) is 6.42 Å². The quantitative estimate of drug-likeness (QED) is 0.658. The summed E-state index contributed by atoms with van der Waals surface area (Å²) >= 11 is 0. The minimum atomic E-state index is -4.70. The molecule has 4 nitrogen and oxygen atoms in total. The van der Waals surface area contributed by atoms with Gasteiger partial charge in [-0.2, -0.15) is 0 Å². The van der Waals surface area contributed by atoms with Crippen molar-refractivity contribution in [1.29, 1.82) is 0 Å². The van der Waals surface area contributed by atoms with Gasteiger partial charge in [-0.05, 0) is 47.7 Å². The van der Waals surface area contributed by atoms with Gasteiger partial charge in [-0.25, -0.2) is 4.99 Å². The summed E-state index contributed by atoms with van der Waals surface area (Å²) in [6.45, 7) is 0. The van der Waals surface area contributed by atoms with E-state index in [4.69, 9.17) is 5.73 Å². The number of hydrogen-bond donors (Lipinski definition) is 2. The van der Waals surface area contributed by atoms with Crippen molar-refractivity contribution in [3.05, 3.63) is 59.7 Å². The number of anilines is 1. The van der Waals surface area contributed by atoms with Crippen LogP contribution in [0.25, 0.3) is 0 Å². The second kappa shape index (κ2) is 5.68. The lowest BCUT2D eigenvalue weighted by Gasteiger charge is -2.10. The van der Waals surface area contributed by atoms with Gasteiger partial charge in [0.15, 0.2) is 5.96 Å². The molecule has 2 aliphatic rings. The highest BCUT2D eigenvalue weighted by atomic mass is 19.4. The third-order valence-corrected chi connectivity index (χ3v) is 4.65. The molecule has 0 aliphatic heterocycles. The lowest BCUT2D eigenvalue weighted by molar-refractivity contribution is -0.274. The largest absolute Gasteiger partial charge is 0.573 e. The Bertz CT molecular complexity index is 817. The Balaban J connectivity index is 1.39. The first-order chi connectivity index (χ1) is 11.9. The van der Waals surface area contributed by atoms with Crippen molar-refractivity contribution in [2.24, 2.45) is 16.6 Å². The number of nitrogens with zero attached hydrogens (tertiary/aromatic N) is 1. The molecular weight excluding hydrogens is 331 g/mol. The molecule has 1 fully saturated rings. The predicted octanol–water partition coefficient (Wildman–Crippen LogP) is 3.65. The molecule has 0 heterocycles. The number of nitrogens with two attached hydrogens (primary N) is 1. The highest BCUT2D eigenvalue weighted by Crippen LogP contribution is 2.58. The Hall–Kier alpha value is -2.70. The molecule has 3 unspecified atom stereocenters. The van der Waals surface area contributed by atoms with E-state index in [-0.39, 0.29) is 17.8 Å². The summed E-state index contributed by atoms with van der Waals surface area (Å²) in [5, 5.41) is 2.91. The van der Waals surface area contributed by atoms with Crippen LogP contribution in [0.4, 0.5) is 18.9 Å². The number of alkyl halides is 3. The van der Waals surface area contributed by atoms with Gasteiger partial charge in [0.25, 0.3) is 0 Å². The highest BCUT2D eigenvalue weighted by Gasteiger charge is 2.55. The molecule has 4 rings (SSSR count). The van der Waals surface area contributed by atoms with E-state index < -0.39 is 6.36 Å². The van der Waals surface area contributed by atoms with Crippen molar-refractivity contribution in [2.75, 3.05) is 5.32 Å². The topological polar surface area (TPSA) is 59.6 Å². The minimum absolute atomic E-state index is 0.176. The zero-order chi connectivity index (χ0) is 17.6. The van der Waals surface area contributed by atoms with Gasteiger partial charge in [0.1, 0.15) is 5.75 Å². The van der Waals surface area contributed by atoms with Gasteiger partial charge in [0.2, 0.25) is 0 Å². The average Bonchev–Trinajstić information content (AvgIpc) is 3.04. The van der Waals surface area contributed by atoms with E-state index in [0.29, 0.717) is 17.5 Å². The van der Waals surface area contributed by atoms with Crippen LogP contribution in [0, 0.1) is 5.92 Å². The van der Waals surface area contributed by atoms with Crippen LogP contribution >= 0.6 is 0 Å². The van der Waals surface area contributed by atoms with Crippen molar-refractivity contribution < 1.29 is 17.9 Å². The van der Waals surface area contributed by atoms with Crippen LogP contribution in [-0.2, 0) is 6.42 Å². The van der Waals surface area contributed by atoms with Gasteiger partial charge in [-0.3, -0.25) is 0 Å². The van der Waals surface area contributed by atoms with Gasteiger partial charge in [-0.1, -0.05) is 24.3 Å². The molecule has 2 aromatic rings. The summed E-state index contributed by atoms with van der Waals surface area (Å²) in [4.78, 5) is 4.52. The first-order valence-corrected chi connectivity index (χ1v) is 7.94. The molecule has 3 atom stereocenters. The maximum absolute atomic E-state index is 12.1. The standard InChI is InChI=1S/C18H16F3N3O/c19-18(20,21)25-12-7-5-11(6-8-12)23-17(22)24-16-14-9-10-3-1-2-4-13(10)15(14)16/h1-8,14-16H,9H2,(H3,22,23,24). The maximum Gasteiger partial charge on any atom is 0.573 e. The van der Waals surface area contributed by atoms with E-state index in [9.17, 15) is 13.2 Å². The van der Waals surface area contributed by atoms with Gasteiger partial charge >= 0.3 is 6.36 Å². The number of benzene rings is 2. The molecule has 2 aromatic carbocycles. The summed E-state index contributed by atoms with van der Waals surface area (Å²) in [5.74, 6) is 0.919. The van der Waals surface area contributed by atoms with Gasteiger partial charge < -0.3 is 15.8 Å². The highest BCUT2D eigenvalue weighted by molar-refractivity contribution is 5.92. The lowest BCUT2D eigenvalue weighted by Crippen LogP contribution is -2.23. The Morgan fingerprint density at radius 3 is 2.56 bits per heavy atom. The molecule has 0 radical (unpaired) electrons. The Labute approximate surface area is 142 Å². The van der Waals surface area contributed by atoms with Crippen molar-refractivity contribution in [1.82, 2.24) is 0 Å². The summed E-state index contributed by atoms with van der Waals surface area (Å²) < 4.78 is 40.3. The summed E-state index contributed by atoms with van der Waals surface area (Å²) in [5.41, 5.74) is 9.23. The molecule has 25 heavy (non-hydrogen) atoms. The number of nitrogens with one attached hydrogen (secondary N) is 1. The van der Waals surface area contributed by atoms with Crippen LogP contribution in [-0.4, -0.2) is 18.4 Å². The Morgan fingerprint density at radius 2 is 1.84 bits per heavy atom. The maximum atomic E-state index is 12.1. The molecule has 0 bridgehead atoms. The minimum Gasteiger partial charge on any atom is -0.406 e. The van der Waals surface area contributed by atoms with Crippen LogP contribution in [0.2, 0.25) is 0 Å². The molecule has 130 valence electrons. The van der Waals surface area contributed by atoms with Crippen LogP contribution in [0.1, 0.15) is 17.0 Å². The second-order valence-electron chi connectivity index (χ2n) is 6.29. The SMILES string of the molecule is NC(=NC1C2Cc3ccccc3C21)Nc1ccc(OC(F)(F)F)cc1. The van der Waals surface area contributed by atoms with E-state index in [2.05, 4.69) is 27.2 Å². The molecule has 1 saturated carbocycles. The van der Waals surface area contributed by atoms with Crippen molar-refractivity contribution in [3.8, 4) is 5.75 Å². The molecule has 7 heteroatoms. The number of ether oxygens (including phenoxy) is 1. The van der Waals surface area contributed by atoms with Gasteiger partial charge in [0, 0.05) is 11.6 Å². The molecule has 2 aliphatic carbocycles. The number of hydrogen-bond acceptors (Lipinski definition) is 2. The summed E-state index contributed by atoms with van der Waals surface area (Å²) in [6.07, 6.45) is -3.68. The second-order valence-corrected chi connectivity index (χ2v) is 6.29. The van der Waals surface area contributed by atoms with E-state index >= 15 is 0 Å². The first-order valence-electron chi connectivity index (χ1n) is 7.94. The van der Waals surface area contributed by atoms with Crippen LogP contribution in [0.5, 0.6) is 5.75 Å². The zero-order valence-electron chi connectivity index (χ0n) is 13.1. The predicted molar refractivity (Wildman–Crippen MR) is 88.5 cm³/mol. The van der Waals surface area contributed by atoms with Crippen LogP contribution in [0.15, 0.2) is 53.5 Å². The van der Waals surface area contributed by atoms with E-state index in [1.54, 1.807) is 0 Å². The van der Waals surface area contributed by atoms with E-state index in [1.807, 2.05) is 12.1 Å². The summed E-state index contributed by atoms with van der Waals surface area (Å²) in [7, 11) is 0. The smallest absolute Gasteiger partial charge is 0.406 e. The third kappa shape index (κ3) is 3.26. The summed E-state index contributed by atoms with van der Waals surface area (Å²) in [6, 6.07) is 13.9.